The van der Waals surface area contributed by atoms with Gasteiger partial charge in [-0.1, -0.05) is 36.4 Å². The van der Waals surface area contributed by atoms with E-state index in [2.05, 4.69) is 35.7 Å². The van der Waals surface area contributed by atoms with Crippen molar-refractivity contribution in [3.8, 4) is 5.75 Å². The third-order valence-corrected chi connectivity index (χ3v) is 6.07. The first-order valence-corrected chi connectivity index (χ1v) is 10.1. The molecule has 2 aromatic carbocycles. The maximum Gasteiger partial charge on any atom is 0.310 e. The highest BCUT2D eigenvalue weighted by atomic mass is 16.5. The van der Waals surface area contributed by atoms with Gasteiger partial charge in [0, 0.05) is 5.56 Å². The second kappa shape index (κ2) is 8.01. The van der Waals surface area contributed by atoms with E-state index in [9.17, 15) is 9.90 Å². The first-order valence-electron chi connectivity index (χ1n) is 10.1. The van der Waals surface area contributed by atoms with Crippen LogP contribution in [0.3, 0.4) is 0 Å². The molecule has 0 radical (unpaired) electrons. The number of hydrogen-bond acceptors (Lipinski definition) is 4. The van der Waals surface area contributed by atoms with Crippen molar-refractivity contribution in [3.05, 3.63) is 71.3 Å². The molecule has 2 aliphatic rings. The monoisotopic (exact) mass is 393 g/mol. The van der Waals surface area contributed by atoms with Gasteiger partial charge in [0.2, 0.25) is 0 Å². The maximum atomic E-state index is 11.5. The van der Waals surface area contributed by atoms with E-state index in [1.807, 2.05) is 24.3 Å². The summed E-state index contributed by atoms with van der Waals surface area (Å²) in [5.74, 6) is -0.682. The molecular formula is C24H27NO4. The summed E-state index contributed by atoms with van der Waals surface area (Å²) in [7, 11) is 1.64. The lowest BCUT2D eigenvalue weighted by Crippen LogP contribution is -2.47. The molecule has 0 saturated carbocycles. The van der Waals surface area contributed by atoms with Crippen LogP contribution in [0.2, 0.25) is 0 Å². The van der Waals surface area contributed by atoms with Crippen LogP contribution in [-0.2, 0) is 9.53 Å². The Balaban J connectivity index is 1.74. The lowest BCUT2D eigenvalue weighted by Gasteiger charge is -2.40. The zero-order valence-electron chi connectivity index (χ0n) is 16.9. The highest BCUT2D eigenvalue weighted by Gasteiger charge is 2.44. The van der Waals surface area contributed by atoms with E-state index in [-0.39, 0.29) is 6.04 Å². The SMILES string of the molecule is COc1ccc(C(C)C(=O)O)cc1C1=C[C@@]2(CCCN[C@H]2c2ccccc2)OC1. The van der Waals surface area contributed by atoms with Gasteiger partial charge >= 0.3 is 5.97 Å². The third kappa shape index (κ3) is 3.68. The van der Waals surface area contributed by atoms with Crippen molar-refractivity contribution in [2.45, 2.75) is 37.3 Å². The molecule has 2 aromatic rings. The molecule has 4 rings (SSSR count). The molecule has 2 aliphatic heterocycles. The number of carboxylic acids is 1. The average molecular weight is 393 g/mol. The minimum Gasteiger partial charge on any atom is -0.496 e. The Kier molecular flexibility index (Phi) is 5.43. The van der Waals surface area contributed by atoms with Crippen LogP contribution in [0.25, 0.3) is 5.57 Å². The molecule has 1 saturated heterocycles. The number of rotatable bonds is 5. The summed E-state index contributed by atoms with van der Waals surface area (Å²) in [6, 6.07) is 16.1. The molecule has 5 nitrogen and oxygen atoms in total. The molecule has 0 bridgehead atoms. The van der Waals surface area contributed by atoms with E-state index in [1.54, 1.807) is 14.0 Å². The molecule has 0 amide bonds. The van der Waals surface area contributed by atoms with Crippen molar-refractivity contribution in [3.63, 3.8) is 0 Å². The van der Waals surface area contributed by atoms with E-state index in [4.69, 9.17) is 9.47 Å². The summed E-state index contributed by atoms with van der Waals surface area (Å²) >= 11 is 0. The Morgan fingerprint density at radius 3 is 2.79 bits per heavy atom. The van der Waals surface area contributed by atoms with E-state index < -0.39 is 17.5 Å². The number of benzene rings is 2. The Morgan fingerprint density at radius 2 is 2.07 bits per heavy atom. The lowest BCUT2D eigenvalue weighted by molar-refractivity contribution is -0.138. The Morgan fingerprint density at radius 1 is 1.28 bits per heavy atom. The van der Waals surface area contributed by atoms with Crippen LogP contribution >= 0.6 is 0 Å². The molecule has 1 spiro atoms. The average Bonchev–Trinajstić information content (AvgIpc) is 3.17. The zero-order valence-corrected chi connectivity index (χ0v) is 16.9. The predicted octanol–water partition coefficient (Wildman–Crippen LogP) is 4.16. The van der Waals surface area contributed by atoms with Crippen molar-refractivity contribution >= 4 is 11.5 Å². The van der Waals surface area contributed by atoms with E-state index in [0.29, 0.717) is 6.61 Å². The maximum absolute atomic E-state index is 11.5. The summed E-state index contributed by atoms with van der Waals surface area (Å²) in [6.45, 7) is 3.14. The fraction of sp³-hybridized carbons (Fsp3) is 0.375. The topological polar surface area (TPSA) is 67.8 Å². The summed E-state index contributed by atoms with van der Waals surface area (Å²) in [6.07, 6.45) is 4.21. The van der Waals surface area contributed by atoms with Crippen molar-refractivity contribution < 1.29 is 19.4 Å². The van der Waals surface area contributed by atoms with Crippen molar-refractivity contribution in [2.75, 3.05) is 20.3 Å². The lowest BCUT2D eigenvalue weighted by atomic mass is 9.81. The van der Waals surface area contributed by atoms with Gasteiger partial charge in [0.05, 0.1) is 25.7 Å². The number of nitrogens with one attached hydrogen (secondary N) is 1. The Labute approximate surface area is 171 Å². The van der Waals surface area contributed by atoms with Gasteiger partial charge in [-0.25, -0.2) is 0 Å². The standard InChI is InChI=1S/C24H27NO4/c1-16(23(26)27)18-9-10-21(28-2)20(13-18)19-14-24(29-15-19)11-6-12-25-22(24)17-7-4-3-5-8-17/h3-5,7-10,13-14,16,22,25H,6,11-12,15H2,1-2H3,(H,26,27)/t16?,22-,24+/m0/s1. The minimum atomic E-state index is -0.838. The van der Waals surface area contributed by atoms with Crippen LogP contribution in [0.15, 0.2) is 54.6 Å². The number of methoxy groups -OCH3 is 1. The molecule has 152 valence electrons. The summed E-state index contributed by atoms with van der Waals surface area (Å²) in [5, 5.41) is 13.0. The van der Waals surface area contributed by atoms with Gasteiger partial charge in [0.25, 0.3) is 0 Å². The fourth-order valence-electron chi connectivity index (χ4n) is 4.42. The van der Waals surface area contributed by atoms with Crippen LogP contribution in [0.5, 0.6) is 5.75 Å². The summed E-state index contributed by atoms with van der Waals surface area (Å²) in [5.41, 5.74) is 3.52. The molecule has 0 aliphatic carbocycles. The van der Waals surface area contributed by atoms with Crippen LogP contribution in [0.4, 0.5) is 0 Å². The molecule has 1 unspecified atom stereocenters. The number of carbonyl (C=O) groups is 1. The van der Waals surface area contributed by atoms with E-state index in [1.165, 1.54) is 5.56 Å². The fourth-order valence-corrected chi connectivity index (χ4v) is 4.42. The van der Waals surface area contributed by atoms with Gasteiger partial charge in [-0.15, -0.1) is 0 Å². The van der Waals surface area contributed by atoms with Crippen LogP contribution in [0.1, 0.15) is 48.4 Å². The van der Waals surface area contributed by atoms with Crippen LogP contribution in [0, 0.1) is 0 Å². The highest BCUT2D eigenvalue weighted by molar-refractivity contribution is 5.79. The number of piperidine rings is 1. The largest absolute Gasteiger partial charge is 0.496 e. The minimum absolute atomic E-state index is 0.0853. The first kappa shape index (κ1) is 19.7. The quantitative estimate of drug-likeness (QED) is 0.798. The number of carboxylic acid groups (broad SMARTS) is 1. The van der Waals surface area contributed by atoms with Crippen LogP contribution in [-0.4, -0.2) is 36.9 Å². The van der Waals surface area contributed by atoms with Crippen molar-refractivity contribution in [1.29, 1.82) is 0 Å². The second-order valence-electron chi connectivity index (χ2n) is 7.83. The van der Waals surface area contributed by atoms with Crippen molar-refractivity contribution in [2.24, 2.45) is 0 Å². The summed E-state index contributed by atoms with van der Waals surface area (Å²) < 4.78 is 12.0. The zero-order chi connectivity index (χ0) is 20.4. The molecule has 1 fully saturated rings. The Hall–Kier alpha value is -2.63. The molecule has 0 aromatic heterocycles. The number of ether oxygens (including phenoxy) is 2. The number of aliphatic carboxylic acids is 1. The van der Waals surface area contributed by atoms with Gasteiger partial charge < -0.3 is 19.9 Å². The van der Waals surface area contributed by atoms with Crippen LogP contribution < -0.4 is 10.1 Å². The second-order valence-corrected chi connectivity index (χ2v) is 7.83. The molecule has 2 heterocycles. The van der Waals surface area contributed by atoms with Crippen molar-refractivity contribution in [1.82, 2.24) is 5.32 Å². The number of hydrogen-bond donors (Lipinski definition) is 2. The molecular weight excluding hydrogens is 366 g/mol. The van der Waals surface area contributed by atoms with Gasteiger partial charge in [-0.2, -0.15) is 0 Å². The molecule has 29 heavy (non-hydrogen) atoms. The smallest absolute Gasteiger partial charge is 0.310 e. The summed E-state index contributed by atoms with van der Waals surface area (Å²) in [4.78, 5) is 11.5. The van der Waals surface area contributed by atoms with Gasteiger partial charge in [-0.3, -0.25) is 4.79 Å². The highest BCUT2D eigenvalue weighted by Crippen LogP contribution is 2.45. The first-order chi connectivity index (χ1) is 14.0. The molecule has 3 atom stereocenters. The molecule has 2 N–H and O–H groups in total. The third-order valence-electron chi connectivity index (χ3n) is 6.07. The van der Waals surface area contributed by atoms with Gasteiger partial charge in [-0.05, 0) is 61.2 Å². The molecule has 5 heteroatoms. The predicted molar refractivity (Wildman–Crippen MR) is 112 cm³/mol. The van der Waals surface area contributed by atoms with E-state index >= 15 is 0 Å². The Bertz CT molecular complexity index is 924. The van der Waals surface area contributed by atoms with E-state index in [0.717, 1.165) is 41.8 Å². The van der Waals surface area contributed by atoms with Gasteiger partial charge in [0.1, 0.15) is 11.4 Å². The van der Waals surface area contributed by atoms with Gasteiger partial charge in [0.15, 0.2) is 0 Å². The normalized spacial score (nSPS) is 24.9.